The zero-order valence-electron chi connectivity index (χ0n) is 12.5. The molecule has 0 aromatic carbocycles. The first-order valence-electron chi connectivity index (χ1n) is 7.89. The Hall–Kier alpha value is -0.410. The fourth-order valence-corrected chi connectivity index (χ4v) is 3.77. The number of nitrogens with zero attached hydrogens (tertiary/aromatic N) is 1. The van der Waals surface area contributed by atoms with Crippen molar-refractivity contribution in [3.8, 4) is 0 Å². The van der Waals surface area contributed by atoms with E-state index in [0.717, 1.165) is 38.8 Å². The first kappa shape index (κ1) is 15.0. The maximum atomic E-state index is 12.1. The molecular formula is C16H29NO2. The Morgan fingerprint density at radius 1 is 1.37 bits per heavy atom. The van der Waals surface area contributed by atoms with E-state index in [-0.39, 0.29) is 12.5 Å². The predicted molar refractivity (Wildman–Crippen MR) is 77.0 cm³/mol. The van der Waals surface area contributed by atoms with Crippen molar-refractivity contribution in [1.82, 2.24) is 4.90 Å². The van der Waals surface area contributed by atoms with Gasteiger partial charge in [0.1, 0.15) is 5.78 Å². The monoisotopic (exact) mass is 267 g/mol. The average Bonchev–Trinajstić information content (AvgIpc) is 2.36. The molecule has 1 saturated carbocycles. The van der Waals surface area contributed by atoms with Crippen LogP contribution in [0.3, 0.4) is 0 Å². The third-order valence-electron chi connectivity index (χ3n) is 4.97. The third kappa shape index (κ3) is 4.03. The number of rotatable bonds is 4. The number of hydrogen-bond acceptors (Lipinski definition) is 3. The lowest BCUT2D eigenvalue weighted by atomic mass is 9.71. The van der Waals surface area contributed by atoms with Gasteiger partial charge in [0.15, 0.2) is 0 Å². The molecule has 1 heterocycles. The van der Waals surface area contributed by atoms with E-state index in [9.17, 15) is 9.90 Å². The van der Waals surface area contributed by atoms with Gasteiger partial charge in [0, 0.05) is 31.5 Å². The summed E-state index contributed by atoms with van der Waals surface area (Å²) in [6, 6.07) is 0.497. The highest BCUT2D eigenvalue weighted by Gasteiger charge is 2.35. The number of Topliss-reactive ketones (excluding diaryl/α,β-unsaturated/α-hetero) is 1. The van der Waals surface area contributed by atoms with Crippen LogP contribution in [-0.4, -0.2) is 41.5 Å². The van der Waals surface area contributed by atoms with E-state index in [1.54, 1.807) is 0 Å². The van der Waals surface area contributed by atoms with E-state index in [1.807, 2.05) is 0 Å². The van der Waals surface area contributed by atoms with Gasteiger partial charge in [-0.3, -0.25) is 9.69 Å². The second-order valence-electron chi connectivity index (χ2n) is 7.19. The molecule has 2 fully saturated rings. The summed E-state index contributed by atoms with van der Waals surface area (Å²) in [5.41, 5.74) is 0.320. The van der Waals surface area contributed by atoms with Crippen molar-refractivity contribution in [3.63, 3.8) is 0 Å². The molecule has 19 heavy (non-hydrogen) atoms. The molecule has 0 spiro atoms. The van der Waals surface area contributed by atoms with Gasteiger partial charge >= 0.3 is 0 Å². The molecule has 0 amide bonds. The third-order valence-corrected chi connectivity index (χ3v) is 4.97. The highest BCUT2D eigenvalue weighted by atomic mass is 16.3. The normalized spacial score (nSPS) is 32.5. The minimum Gasteiger partial charge on any atom is -0.396 e. The van der Waals surface area contributed by atoms with E-state index in [1.165, 1.54) is 19.3 Å². The highest BCUT2D eigenvalue weighted by Crippen LogP contribution is 2.37. The van der Waals surface area contributed by atoms with Crippen LogP contribution in [0.25, 0.3) is 0 Å². The molecular weight excluding hydrogens is 238 g/mol. The van der Waals surface area contributed by atoms with Gasteiger partial charge in [0.05, 0.1) is 0 Å². The van der Waals surface area contributed by atoms with E-state index >= 15 is 0 Å². The van der Waals surface area contributed by atoms with Crippen molar-refractivity contribution in [1.29, 1.82) is 0 Å². The van der Waals surface area contributed by atoms with Crippen LogP contribution in [0.4, 0.5) is 0 Å². The zero-order chi connectivity index (χ0) is 13.9. The van der Waals surface area contributed by atoms with Gasteiger partial charge in [-0.2, -0.15) is 0 Å². The molecule has 1 aliphatic carbocycles. The second kappa shape index (κ2) is 6.36. The second-order valence-corrected chi connectivity index (χ2v) is 7.19. The van der Waals surface area contributed by atoms with Crippen LogP contribution in [-0.2, 0) is 4.79 Å². The number of carbonyl (C=O) groups excluding carboxylic acids is 1. The Morgan fingerprint density at radius 2 is 2.16 bits per heavy atom. The van der Waals surface area contributed by atoms with Crippen molar-refractivity contribution in [2.75, 3.05) is 19.7 Å². The SMILES string of the molecule is CC1(C)CCC(=O)C(CN2CCCCC2CCO)C1. The van der Waals surface area contributed by atoms with Crippen molar-refractivity contribution >= 4 is 5.78 Å². The number of aliphatic hydroxyl groups excluding tert-OH is 1. The summed E-state index contributed by atoms with van der Waals surface area (Å²) in [4.78, 5) is 14.6. The maximum Gasteiger partial charge on any atom is 0.137 e. The number of hydrogen-bond donors (Lipinski definition) is 1. The first-order valence-corrected chi connectivity index (χ1v) is 7.89. The number of ketones is 1. The number of piperidine rings is 1. The topological polar surface area (TPSA) is 40.5 Å². The van der Waals surface area contributed by atoms with Crippen LogP contribution < -0.4 is 0 Å². The van der Waals surface area contributed by atoms with E-state index in [4.69, 9.17) is 0 Å². The molecule has 1 aliphatic heterocycles. The fourth-order valence-electron chi connectivity index (χ4n) is 3.77. The lowest BCUT2D eigenvalue weighted by molar-refractivity contribution is -0.128. The van der Waals surface area contributed by atoms with Crippen LogP contribution in [0.2, 0.25) is 0 Å². The molecule has 2 rings (SSSR count). The predicted octanol–water partition coefficient (Wildman–Crippen LogP) is 2.62. The van der Waals surface area contributed by atoms with Crippen LogP contribution in [0.15, 0.2) is 0 Å². The summed E-state index contributed by atoms with van der Waals surface area (Å²) >= 11 is 0. The fraction of sp³-hybridized carbons (Fsp3) is 0.938. The van der Waals surface area contributed by atoms with Gasteiger partial charge in [-0.05, 0) is 44.1 Å². The minimum absolute atomic E-state index is 0.225. The van der Waals surface area contributed by atoms with Gasteiger partial charge in [-0.1, -0.05) is 20.3 Å². The van der Waals surface area contributed by atoms with Crippen LogP contribution in [0.5, 0.6) is 0 Å². The number of aliphatic hydroxyl groups is 1. The Balaban J connectivity index is 1.95. The molecule has 0 radical (unpaired) electrons. The van der Waals surface area contributed by atoms with Crippen LogP contribution in [0.1, 0.15) is 58.8 Å². The molecule has 3 nitrogen and oxygen atoms in total. The largest absolute Gasteiger partial charge is 0.396 e. The van der Waals surface area contributed by atoms with Crippen LogP contribution in [0, 0.1) is 11.3 Å². The molecule has 0 bridgehead atoms. The minimum atomic E-state index is 0.225. The standard InChI is InChI=1S/C16H29NO2/c1-16(2)8-6-15(19)13(11-16)12-17-9-4-3-5-14(17)7-10-18/h13-14,18H,3-12H2,1-2H3. The Bertz CT molecular complexity index is 312. The maximum absolute atomic E-state index is 12.1. The summed E-state index contributed by atoms with van der Waals surface area (Å²) in [5, 5.41) is 9.18. The smallest absolute Gasteiger partial charge is 0.137 e. The molecule has 2 atom stereocenters. The molecule has 0 aromatic heterocycles. The molecule has 3 heteroatoms. The van der Waals surface area contributed by atoms with E-state index in [2.05, 4.69) is 18.7 Å². The summed E-state index contributed by atoms with van der Waals surface area (Å²) in [6.07, 6.45) is 7.40. The van der Waals surface area contributed by atoms with E-state index in [0.29, 0.717) is 17.2 Å². The summed E-state index contributed by atoms with van der Waals surface area (Å²) in [6.45, 7) is 6.87. The van der Waals surface area contributed by atoms with E-state index < -0.39 is 0 Å². The first-order chi connectivity index (χ1) is 9.02. The summed E-state index contributed by atoms with van der Waals surface area (Å²) in [5.74, 6) is 0.690. The number of likely N-dealkylation sites (tertiary alicyclic amines) is 1. The average molecular weight is 267 g/mol. The molecule has 1 N–H and O–H groups in total. The van der Waals surface area contributed by atoms with Gasteiger partial charge in [-0.15, -0.1) is 0 Å². The zero-order valence-corrected chi connectivity index (χ0v) is 12.5. The molecule has 2 aliphatic rings. The molecule has 110 valence electrons. The van der Waals surface area contributed by atoms with Crippen LogP contribution >= 0.6 is 0 Å². The summed E-state index contributed by atoms with van der Waals surface area (Å²) in [7, 11) is 0. The van der Waals surface area contributed by atoms with Gasteiger partial charge in [-0.25, -0.2) is 0 Å². The van der Waals surface area contributed by atoms with Gasteiger partial charge in [0.2, 0.25) is 0 Å². The Labute approximate surface area is 117 Å². The highest BCUT2D eigenvalue weighted by molar-refractivity contribution is 5.82. The molecule has 2 unspecified atom stereocenters. The van der Waals surface area contributed by atoms with Crippen molar-refractivity contribution in [2.24, 2.45) is 11.3 Å². The summed E-state index contributed by atoms with van der Waals surface area (Å²) < 4.78 is 0. The van der Waals surface area contributed by atoms with Gasteiger partial charge in [0.25, 0.3) is 0 Å². The number of carbonyl (C=O) groups is 1. The molecule has 0 aromatic rings. The Morgan fingerprint density at radius 3 is 2.89 bits per heavy atom. The van der Waals surface area contributed by atoms with Crippen molar-refractivity contribution in [2.45, 2.75) is 64.8 Å². The van der Waals surface area contributed by atoms with Gasteiger partial charge < -0.3 is 5.11 Å². The van der Waals surface area contributed by atoms with Crippen molar-refractivity contribution < 1.29 is 9.90 Å². The Kier molecular flexibility index (Phi) is 5.02. The van der Waals surface area contributed by atoms with Crippen molar-refractivity contribution in [3.05, 3.63) is 0 Å². The lowest BCUT2D eigenvalue weighted by Gasteiger charge is -2.41. The lowest BCUT2D eigenvalue weighted by Crippen LogP contribution is -2.46. The molecule has 1 saturated heterocycles. The quantitative estimate of drug-likeness (QED) is 0.851.